The molecule has 3 nitrogen and oxygen atoms in total. The Morgan fingerprint density at radius 2 is 1.85 bits per heavy atom. The van der Waals surface area contributed by atoms with E-state index in [0.717, 1.165) is 35.9 Å². The molecule has 0 radical (unpaired) electrons. The standard InChI is InChI=1S/C17H24N2O/c1-18-11-10-12-4-2-3-5-15(12)17(20)19-16(13-6-7-13)14-8-9-14/h2-5,13-14,16,18H,6-11H2,1H3,(H,19,20). The molecule has 3 heteroatoms. The highest BCUT2D eigenvalue weighted by Crippen LogP contribution is 2.44. The summed E-state index contributed by atoms with van der Waals surface area (Å²) in [6, 6.07) is 8.43. The predicted octanol–water partition coefficient (Wildman–Crippen LogP) is 2.37. The molecule has 2 saturated carbocycles. The van der Waals surface area contributed by atoms with Crippen molar-refractivity contribution in [3.05, 3.63) is 35.4 Å². The van der Waals surface area contributed by atoms with E-state index in [9.17, 15) is 4.79 Å². The number of carbonyl (C=O) groups excluding carboxylic acids is 1. The van der Waals surface area contributed by atoms with Gasteiger partial charge < -0.3 is 10.6 Å². The summed E-state index contributed by atoms with van der Waals surface area (Å²) in [6.45, 7) is 0.902. The minimum atomic E-state index is 0.125. The molecule has 1 aromatic carbocycles. The van der Waals surface area contributed by atoms with Gasteiger partial charge in [-0.15, -0.1) is 0 Å². The van der Waals surface area contributed by atoms with Gasteiger partial charge in [0.1, 0.15) is 0 Å². The zero-order valence-corrected chi connectivity index (χ0v) is 12.2. The van der Waals surface area contributed by atoms with E-state index >= 15 is 0 Å². The number of likely N-dealkylation sites (N-methyl/N-ethyl adjacent to an activating group) is 1. The topological polar surface area (TPSA) is 41.1 Å². The quantitative estimate of drug-likeness (QED) is 0.800. The molecule has 20 heavy (non-hydrogen) atoms. The Morgan fingerprint density at radius 3 is 2.45 bits per heavy atom. The second kappa shape index (κ2) is 5.96. The fourth-order valence-corrected chi connectivity index (χ4v) is 2.98. The van der Waals surface area contributed by atoms with Gasteiger partial charge in [-0.25, -0.2) is 0 Å². The van der Waals surface area contributed by atoms with Gasteiger partial charge >= 0.3 is 0 Å². The van der Waals surface area contributed by atoms with E-state index in [2.05, 4.69) is 16.7 Å². The zero-order chi connectivity index (χ0) is 13.9. The van der Waals surface area contributed by atoms with E-state index in [1.165, 1.54) is 25.7 Å². The van der Waals surface area contributed by atoms with Crippen molar-refractivity contribution < 1.29 is 4.79 Å². The van der Waals surface area contributed by atoms with Crippen molar-refractivity contribution >= 4 is 5.91 Å². The molecular formula is C17H24N2O. The molecule has 0 atom stereocenters. The van der Waals surface area contributed by atoms with Gasteiger partial charge in [0.2, 0.25) is 0 Å². The van der Waals surface area contributed by atoms with E-state index in [4.69, 9.17) is 0 Å². The minimum absolute atomic E-state index is 0.125. The summed E-state index contributed by atoms with van der Waals surface area (Å²) in [5, 5.41) is 6.46. The molecule has 2 fully saturated rings. The maximum absolute atomic E-state index is 12.6. The molecule has 0 unspecified atom stereocenters. The lowest BCUT2D eigenvalue weighted by atomic mass is 10.0. The molecule has 0 spiro atoms. The normalized spacial score (nSPS) is 18.3. The van der Waals surface area contributed by atoms with Crippen LogP contribution < -0.4 is 10.6 Å². The van der Waals surface area contributed by atoms with E-state index in [-0.39, 0.29) is 5.91 Å². The summed E-state index contributed by atoms with van der Waals surface area (Å²) in [6.07, 6.45) is 6.08. The lowest BCUT2D eigenvalue weighted by Gasteiger charge is -2.19. The summed E-state index contributed by atoms with van der Waals surface area (Å²) < 4.78 is 0. The van der Waals surface area contributed by atoms with Crippen molar-refractivity contribution in [2.45, 2.75) is 38.1 Å². The molecule has 0 bridgehead atoms. The van der Waals surface area contributed by atoms with E-state index in [1.807, 2.05) is 25.2 Å². The fraction of sp³-hybridized carbons (Fsp3) is 0.588. The molecular weight excluding hydrogens is 248 g/mol. The van der Waals surface area contributed by atoms with Crippen molar-refractivity contribution in [2.24, 2.45) is 11.8 Å². The molecule has 0 saturated heterocycles. The summed E-state index contributed by atoms with van der Waals surface area (Å²) in [7, 11) is 1.94. The molecule has 2 aliphatic rings. The summed E-state index contributed by atoms with van der Waals surface area (Å²) in [5.41, 5.74) is 2.00. The van der Waals surface area contributed by atoms with Crippen LogP contribution >= 0.6 is 0 Å². The maximum atomic E-state index is 12.6. The van der Waals surface area contributed by atoms with Gasteiger partial charge in [-0.2, -0.15) is 0 Å². The zero-order valence-electron chi connectivity index (χ0n) is 12.2. The second-order valence-corrected chi connectivity index (χ2v) is 6.18. The van der Waals surface area contributed by atoms with Crippen LogP contribution in [0.25, 0.3) is 0 Å². The smallest absolute Gasteiger partial charge is 0.251 e. The van der Waals surface area contributed by atoms with Crippen molar-refractivity contribution in [3.8, 4) is 0 Å². The van der Waals surface area contributed by atoms with Crippen LogP contribution in [-0.4, -0.2) is 25.5 Å². The van der Waals surface area contributed by atoms with Gasteiger partial charge in [0.25, 0.3) is 5.91 Å². The molecule has 2 aliphatic carbocycles. The average Bonchev–Trinajstić information content (AvgIpc) is 3.35. The lowest BCUT2D eigenvalue weighted by molar-refractivity contribution is 0.0925. The Bertz CT molecular complexity index is 466. The molecule has 2 N–H and O–H groups in total. The van der Waals surface area contributed by atoms with Crippen LogP contribution in [0.1, 0.15) is 41.6 Å². The van der Waals surface area contributed by atoms with Gasteiger partial charge in [-0.3, -0.25) is 4.79 Å². The van der Waals surface area contributed by atoms with Gasteiger partial charge in [0.05, 0.1) is 0 Å². The monoisotopic (exact) mass is 272 g/mol. The van der Waals surface area contributed by atoms with E-state index < -0.39 is 0 Å². The summed E-state index contributed by atoms with van der Waals surface area (Å²) in [4.78, 5) is 12.6. The largest absolute Gasteiger partial charge is 0.349 e. The van der Waals surface area contributed by atoms with Crippen LogP contribution in [0.4, 0.5) is 0 Å². The van der Waals surface area contributed by atoms with Crippen molar-refractivity contribution in [3.63, 3.8) is 0 Å². The van der Waals surface area contributed by atoms with Crippen LogP contribution in [-0.2, 0) is 6.42 Å². The third kappa shape index (κ3) is 3.21. The molecule has 108 valence electrons. The van der Waals surface area contributed by atoms with Gasteiger partial charge in [-0.1, -0.05) is 18.2 Å². The van der Waals surface area contributed by atoms with Crippen LogP contribution in [0, 0.1) is 11.8 Å². The second-order valence-electron chi connectivity index (χ2n) is 6.18. The van der Waals surface area contributed by atoms with E-state index in [1.54, 1.807) is 0 Å². The third-order valence-corrected chi connectivity index (χ3v) is 4.46. The number of rotatable bonds is 7. The van der Waals surface area contributed by atoms with Crippen molar-refractivity contribution in [1.29, 1.82) is 0 Å². The molecule has 0 aliphatic heterocycles. The van der Waals surface area contributed by atoms with Crippen LogP contribution in [0.15, 0.2) is 24.3 Å². The molecule has 3 rings (SSSR count). The van der Waals surface area contributed by atoms with Gasteiger partial charge in [0.15, 0.2) is 0 Å². The third-order valence-electron chi connectivity index (χ3n) is 4.46. The highest BCUT2D eigenvalue weighted by atomic mass is 16.1. The van der Waals surface area contributed by atoms with Gasteiger partial charge in [0, 0.05) is 11.6 Å². The lowest BCUT2D eigenvalue weighted by Crippen LogP contribution is -2.38. The number of carbonyl (C=O) groups is 1. The van der Waals surface area contributed by atoms with Crippen LogP contribution in [0.2, 0.25) is 0 Å². The SMILES string of the molecule is CNCCc1ccccc1C(=O)NC(C1CC1)C1CC1. The highest BCUT2D eigenvalue weighted by molar-refractivity contribution is 5.96. The number of nitrogens with one attached hydrogen (secondary N) is 2. The van der Waals surface area contributed by atoms with E-state index in [0.29, 0.717) is 6.04 Å². The van der Waals surface area contributed by atoms with Crippen LogP contribution in [0.3, 0.4) is 0 Å². The fourth-order valence-electron chi connectivity index (χ4n) is 2.98. The molecule has 1 amide bonds. The number of amides is 1. The Balaban J connectivity index is 1.69. The van der Waals surface area contributed by atoms with Crippen molar-refractivity contribution in [1.82, 2.24) is 10.6 Å². The highest BCUT2D eigenvalue weighted by Gasteiger charge is 2.42. The Morgan fingerprint density at radius 1 is 1.20 bits per heavy atom. The van der Waals surface area contributed by atoms with Gasteiger partial charge in [-0.05, 0) is 69.2 Å². The number of hydrogen-bond acceptors (Lipinski definition) is 2. The first-order valence-electron chi connectivity index (χ1n) is 7.83. The summed E-state index contributed by atoms with van der Waals surface area (Å²) in [5.74, 6) is 1.62. The first kappa shape index (κ1) is 13.6. The minimum Gasteiger partial charge on any atom is -0.349 e. The number of hydrogen-bond donors (Lipinski definition) is 2. The Hall–Kier alpha value is -1.35. The molecule has 0 aromatic heterocycles. The van der Waals surface area contributed by atoms with Crippen molar-refractivity contribution in [2.75, 3.05) is 13.6 Å². The molecule has 1 aromatic rings. The first-order chi connectivity index (χ1) is 9.79. The Kier molecular flexibility index (Phi) is 4.06. The maximum Gasteiger partial charge on any atom is 0.251 e. The predicted molar refractivity (Wildman–Crippen MR) is 80.8 cm³/mol. The Labute approximate surface area is 121 Å². The summed E-state index contributed by atoms with van der Waals surface area (Å²) >= 11 is 0. The number of benzene rings is 1. The van der Waals surface area contributed by atoms with Crippen LogP contribution in [0.5, 0.6) is 0 Å². The average molecular weight is 272 g/mol. The first-order valence-corrected chi connectivity index (χ1v) is 7.83. The molecule has 0 heterocycles.